The minimum atomic E-state index is 0.0166. The van der Waals surface area contributed by atoms with Crippen LogP contribution in [-0.4, -0.2) is 9.78 Å². The number of benzene rings is 1. The minimum Gasteiger partial charge on any atom is -0.265 e. The molecule has 0 aliphatic heterocycles. The molecule has 1 atom stereocenters. The molecule has 1 unspecified atom stereocenters. The molecule has 2 aromatic rings. The summed E-state index contributed by atoms with van der Waals surface area (Å²) in [6.07, 6.45) is 1.89. The van der Waals surface area contributed by atoms with E-state index in [2.05, 4.69) is 50.6 Å². The van der Waals surface area contributed by atoms with Crippen LogP contribution in [0.5, 0.6) is 0 Å². The van der Waals surface area contributed by atoms with Gasteiger partial charge >= 0.3 is 0 Å². The van der Waals surface area contributed by atoms with Crippen LogP contribution in [-0.2, 0) is 19.4 Å². The first-order valence-electron chi connectivity index (χ1n) is 7.75. The Balaban J connectivity index is 2.44. The van der Waals surface area contributed by atoms with Gasteiger partial charge in [-0.15, -0.1) is 11.6 Å². The smallest absolute Gasteiger partial charge is 0.0671 e. The van der Waals surface area contributed by atoms with Crippen LogP contribution < -0.4 is 0 Å². The SMILES string of the molecule is CCc1nn(Cc2cc(C)cc(C)c2)c(CC)c1C(C)Cl. The third kappa shape index (κ3) is 3.49. The van der Waals surface area contributed by atoms with Gasteiger partial charge in [-0.1, -0.05) is 43.2 Å². The highest BCUT2D eigenvalue weighted by atomic mass is 35.5. The second-order valence-electron chi connectivity index (χ2n) is 5.78. The number of alkyl halides is 1. The fraction of sp³-hybridized carbons (Fsp3) is 0.500. The second-order valence-corrected chi connectivity index (χ2v) is 6.44. The molecule has 1 heterocycles. The summed E-state index contributed by atoms with van der Waals surface area (Å²) >= 11 is 6.38. The number of aromatic nitrogens is 2. The highest BCUT2D eigenvalue weighted by molar-refractivity contribution is 6.20. The molecule has 0 radical (unpaired) electrons. The first kappa shape index (κ1) is 16.1. The largest absolute Gasteiger partial charge is 0.265 e. The molecule has 2 rings (SSSR count). The zero-order valence-corrected chi connectivity index (χ0v) is 14.5. The van der Waals surface area contributed by atoms with Crippen molar-refractivity contribution in [3.05, 3.63) is 51.8 Å². The Morgan fingerprint density at radius 1 is 1.10 bits per heavy atom. The van der Waals surface area contributed by atoms with Gasteiger partial charge in [0.05, 0.1) is 17.6 Å². The molecule has 0 fully saturated rings. The summed E-state index contributed by atoms with van der Waals surface area (Å²) in [5.41, 5.74) is 7.55. The number of nitrogens with zero attached hydrogens (tertiary/aromatic N) is 2. The fourth-order valence-electron chi connectivity index (χ4n) is 3.12. The van der Waals surface area contributed by atoms with E-state index >= 15 is 0 Å². The van der Waals surface area contributed by atoms with E-state index in [-0.39, 0.29) is 5.38 Å². The predicted octanol–water partition coefficient (Wildman–Crippen LogP) is 4.97. The van der Waals surface area contributed by atoms with E-state index in [1.165, 1.54) is 27.9 Å². The summed E-state index contributed by atoms with van der Waals surface area (Å²) in [6, 6.07) is 6.68. The molecule has 0 bridgehead atoms. The maximum absolute atomic E-state index is 6.38. The Morgan fingerprint density at radius 3 is 2.19 bits per heavy atom. The Morgan fingerprint density at radius 2 is 1.71 bits per heavy atom. The molecule has 0 aliphatic carbocycles. The van der Waals surface area contributed by atoms with Crippen molar-refractivity contribution in [3.63, 3.8) is 0 Å². The molecule has 0 amide bonds. The van der Waals surface area contributed by atoms with Crippen molar-refractivity contribution in [3.8, 4) is 0 Å². The topological polar surface area (TPSA) is 17.8 Å². The van der Waals surface area contributed by atoms with Gasteiger partial charge in [-0.25, -0.2) is 0 Å². The monoisotopic (exact) mass is 304 g/mol. The minimum absolute atomic E-state index is 0.0166. The van der Waals surface area contributed by atoms with E-state index < -0.39 is 0 Å². The van der Waals surface area contributed by atoms with Gasteiger partial charge in [0.25, 0.3) is 0 Å². The standard InChI is InChI=1S/C18H25ClN2/c1-6-16-18(14(5)19)17(7-2)21(20-16)11-15-9-12(3)8-13(4)10-15/h8-10,14H,6-7,11H2,1-5H3. The number of rotatable bonds is 5. The maximum atomic E-state index is 6.38. The lowest BCUT2D eigenvalue weighted by Crippen LogP contribution is -2.07. The predicted molar refractivity (Wildman–Crippen MR) is 90.3 cm³/mol. The number of halogens is 1. The van der Waals surface area contributed by atoms with Crippen LogP contribution in [0.3, 0.4) is 0 Å². The molecule has 2 nitrogen and oxygen atoms in total. The summed E-state index contributed by atoms with van der Waals surface area (Å²) in [5, 5.41) is 4.82. The number of aryl methyl sites for hydroxylation is 3. The lowest BCUT2D eigenvalue weighted by Gasteiger charge is -2.10. The molecular weight excluding hydrogens is 280 g/mol. The molecule has 1 aromatic heterocycles. The molecule has 21 heavy (non-hydrogen) atoms. The average molecular weight is 305 g/mol. The van der Waals surface area contributed by atoms with Crippen LogP contribution >= 0.6 is 11.6 Å². The van der Waals surface area contributed by atoms with Crippen molar-refractivity contribution < 1.29 is 0 Å². The summed E-state index contributed by atoms with van der Waals surface area (Å²) in [5.74, 6) is 0. The number of hydrogen-bond acceptors (Lipinski definition) is 1. The van der Waals surface area contributed by atoms with Crippen LogP contribution in [0.15, 0.2) is 18.2 Å². The van der Waals surface area contributed by atoms with Crippen molar-refractivity contribution in [1.82, 2.24) is 9.78 Å². The molecule has 0 saturated carbocycles. The molecule has 0 saturated heterocycles. The van der Waals surface area contributed by atoms with Crippen molar-refractivity contribution in [2.45, 2.75) is 59.4 Å². The van der Waals surface area contributed by atoms with Crippen LogP contribution in [0.1, 0.15) is 59.8 Å². The highest BCUT2D eigenvalue weighted by Crippen LogP contribution is 2.28. The van der Waals surface area contributed by atoms with Gasteiger partial charge in [-0.2, -0.15) is 5.10 Å². The van der Waals surface area contributed by atoms with E-state index in [0.717, 1.165) is 25.1 Å². The van der Waals surface area contributed by atoms with Gasteiger partial charge in [-0.3, -0.25) is 4.68 Å². The summed E-state index contributed by atoms with van der Waals surface area (Å²) in [6.45, 7) is 11.5. The van der Waals surface area contributed by atoms with Crippen molar-refractivity contribution in [2.24, 2.45) is 0 Å². The summed E-state index contributed by atoms with van der Waals surface area (Å²) in [4.78, 5) is 0. The van der Waals surface area contributed by atoms with E-state index in [1.54, 1.807) is 0 Å². The van der Waals surface area contributed by atoms with Crippen LogP contribution in [0.4, 0.5) is 0 Å². The quantitative estimate of drug-likeness (QED) is 0.713. The maximum Gasteiger partial charge on any atom is 0.0671 e. The zero-order valence-electron chi connectivity index (χ0n) is 13.7. The third-order valence-electron chi connectivity index (χ3n) is 3.86. The summed E-state index contributed by atoms with van der Waals surface area (Å²) < 4.78 is 2.14. The van der Waals surface area contributed by atoms with Gasteiger partial charge in [0.15, 0.2) is 0 Å². The highest BCUT2D eigenvalue weighted by Gasteiger charge is 2.19. The van der Waals surface area contributed by atoms with Crippen LogP contribution in [0, 0.1) is 13.8 Å². The van der Waals surface area contributed by atoms with Crippen molar-refractivity contribution in [2.75, 3.05) is 0 Å². The molecule has 114 valence electrons. The van der Waals surface area contributed by atoms with Gasteiger partial charge in [-0.05, 0) is 39.2 Å². The van der Waals surface area contributed by atoms with E-state index in [4.69, 9.17) is 16.7 Å². The summed E-state index contributed by atoms with van der Waals surface area (Å²) in [7, 11) is 0. The molecule has 3 heteroatoms. The molecule has 1 aromatic carbocycles. The Kier molecular flexibility index (Phi) is 5.10. The Labute approximate surface area is 133 Å². The van der Waals surface area contributed by atoms with Gasteiger partial charge in [0.1, 0.15) is 0 Å². The average Bonchev–Trinajstić information content (AvgIpc) is 2.75. The third-order valence-corrected chi connectivity index (χ3v) is 4.07. The molecule has 0 spiro atoms. The zero-order chi connectivity index (χ0) is 15.6. The normalized spacial score (nSPS) is 12.7. The molecule has 0 N–H and O–H groups in total. The molecular formula is C18H25ClN2. The Hall–Kier alpha value is -1.28. The lowest BCUT2D eigenvalue weighted by atomic mass is 10.1. The van der Waals surface area contributed by atoms with E-state index in [0.29, 0.717) is 0 Å². The lowest BCUT2D eigenvalue weighted by molar-refractivity contribution is 0.638. The van der Waals surface area contributed by atoms with Crippen molar-refractivity contribution in [1.29, 1.82) is 0 Å². The van der Waals surface area contributed by atoms with E-state index in [1.807, 2.05) is 6.92 Å². The second kappa shape index (κ2) is 6.65. The van der Waals surface area contributed by atoms with Gasteiger partial charge in [0.2, 0.25) is 0 Å². The number of hydrogen-bond donors (Lipinski definition) is 0. The molecule has 0 aliphatic rings. The first-order valence-corrected chi connectivity index (χ1v) is 8.19. The van der Waals surface area contributed by atoms with Gasteiger partial charge in [0, 0.05) is 11.3 Å². The van der Waals surface area contributed by atoms with Crippen LogP contribution in [0.2, 0.25) is 0 Å². The van der Waals surface area contributed by atoms with Crippen LogP contribution in [0.25, 0.3) is 0 Å². The Bertz CT molecular complexity index is 606. The fourth-order valence-corrected chi connectivity index (χ4v) is 3.37. The first-order chi connectivity index (χ1) is 9.96. The van der Waals surface area contributed by atoms with Gasteiger partial charge < -0.3 is 0 Å². The van der Waals surface area contributed by atoms with Crippen molar-refractivity contribution >= 4 is 11.6 Å². The van der Waals surface area contributed by atoms with E-state index in [9.17, 15) is 0 Å².